The average molecular weight is 671 g/mol. The van der Waals surface area contributed by atoms with Crippen molar-refractivity contribution in [3.63, 3.8) is 0 Å². The van der Waals surface area contributed by atoms with Crippen LogP contribution in [-0.2, 0) is 30.3 Å². The number of hydrogen-bond acceptors (Lipinski definition) is 7. The molecule has 0 fully saturated rings. The van der Waals surface area contributed by atoms with Crippen molar-refractivity contribution in [2.75, 3.05) is 13.7 Å². The summed E-state index contributed by atoms with van der Waals surface area (Å²) in [6, 6.07) is 7.28. The second kappa shape index (κ2) is 16.3. The van der Waals surface area contributed by atoms with Crippen LogP contribution in [0.1, 0.15) is 51.8 Å². The molecule has 0 aliphatic rings. The van der Waals surface area contributed by atoms with Gasteiger partial charge in [-0.05, 0) is 62.1 Å². The third-order valence-electron chi connectivity index (χ3n) is 6.30. The minimum Gasteiger partial charge on any atom is -0.497 e. The summed E-state index contributed by atoms with van der Waals surface area (Å²) < 4.78 is 50.2. The molecule has 0 radical (unpaired) electrons. The van der Waals surface area contributed by atoms with Crippen molar-refractivity contribution in [1.82, 2.24) is 21.3 Å². The molecule has 46 heavy (non-hydrogen) atoms. The second-order valence-corrected chi connectivity index (χ2v) is 12.1. The largest absolute Gasteiger partial charge is 0.497 e. The molecule has 2 aromatic rings. The van der Waals surface area contributed by atoms with E-state index in [0.29, 0.717) is 16.3 Å². The fourth-order valence-electron chi connectivity index (χ4n) is 4.11. The molecule has 0 aromatic heterocycles. The number of alkyl halides is 3. The maximum Gasteiger partial charge on any atom is 0.452 e. The zero-order valence-corrected chi connectivity index (χ0v) is 27.0. The Balaban J connectivity index is 2.40. The number of benzene rings is 2. The van der Waals surface area contributed by atoms with E-state index < -0.39 is 72.0 Å². The molecule has 4 amide bonds. The molecule has 0 saturated carbocycles. The Morgan fingerprint density at radius 2 is 1.52 bits per heavy atom. The summed E-state index contributed by atoms with van der Waals surface area (Å²) in [4.78, 5) is 64.1. The van der Waals surface area contributed by atoms with Gasteiger partial charge in [0.05, 0.1) is 13.2 Å². The summed E-state index contributed by atoms with van der Waals surface area (Å²) in [5.74, 6) is -5.49. The Morgan fingerprint density at radius 3 is 2.04 bits per heavy atom. The maximum absolute atomic E-state index is 13.7. The number of carbonyl (C=O) groups is 5. The summed E-state index contributed by atoms with van der Waals surface area (Å²) in [6.07, 6.45) is -6.22. The Kier molecular flexibility index (Phi) is 13.4. The number of rotatable bonds is 13. The topological polar surface area (TPSA) is 152 Å². The standard InChI is InChI=1S/C31H38ClF3N4O7/c1-17(2)24(26(41)31(33,34)35)38-28(43)25(19-10-12-21(45-6)13-11-19)39-27(42)22(15-18-8-7-9-20(32)14-18)37-23(40)16-36-29(44)46-30(3,4)5/h7-14,17,22,24-25H,15-16H2,1-6H3,(H,36,44)(H,37,40)(H,38,43)(H,39,42). The highest BCUT2D eigenvalue weighted by atomic mass is 35.5. The molecular weight excluding hydrogens is 633 g/mol. The molecule has 252 valence electrons. The zero-order valence-electron chi connectivity index (χ0n) is 26.2. The molecule has 2 rings (SSSR count). The first kappa shape index (κ1) is 37.9. The molecule has 4 N–H and O–H groups in total. The predicted octanol–water partition coefficient (Wildman–Crippen LogP) is 4.03. The first-order chi connectivity index (χ1) is 21.3. The molecule has 0 aliphatic carbocycles. The lowest BCUT2D eigenvalue weighted by molar-refractivity contribution is -0.175. The predicted molar refractivity (Wildman–Crippen MR) is 163 cm³/mol. The molecule has 0 spiro atoms. The number of methoxy groups -OCH3 is 1. The summed E-state index contributed by atoms with van der Waals surface area (Å²) in [7, 11) is 1.40. The van der Waals surface area contributed by atoms with Crippen molar-refractivity contribution in [1.29, 1.82) is 0 Å². The molecule has 0 bridgehead atoms. The molecule has 0 heterocycles. The number of Topliss-reactive ketones (excluding diaryl/α,β-unsaturated/α-hetero) is 1. The van der Waals surface area contributed by atoms with Gasteiger partial charge in [0.2, 0.25) is 17.7 Å². The van der Waals surface area contributed by atoms with Crippen molar-refractivity contribution in [3.05, 3.63) is 64.7 Å². The van der Waals surface area contributed by atoms with Crippen molar-refractivity contribution in [3.8, 4) is 5.75 Å². The lowest BCUT2D eigenvalue weighted by atomic mass is 9.97. The third kappa shape index (κ3) is 12.2. The van der Waals surface area contributed by atoms with Crippen LogP contribution in [-0.4, -0.2) is 67.1 Å². The summed E-state index contributed by atoms with van der Waals surface area (Å²) in [6.45, 7) is 7.00. The number of ketones is 1. The van der Waals surface area contributed by atoms with E-state index in [1.165, 1.54) is 45.2 Å². The van der Waals surface area contributed by atoms with E-state index in [4.69, 9.17) is 21.1 Å². The van der Waals surface area contributed by atoms with Gasteiger partial charge in [-0.25, -0.2) is 4.79 Å². The Labute approximate surface area is 269 Å². The minimum absolute atomic E-state index is 0.122. The van der Waals surface area contributed by atoms with Crippen LogP contribution in [0.2, 0.25) is 5.02 Å². The maximum atomic E-state index is 13.7. The van der Waals surface area contributed by atoms with Gasteiger partial charge in [0.25, 0.3) is 5.78 Å². The minimum atomic E-state index is -5.22. The van der Waals surface area contributed by atoms with Crippen LogP contribution in [0.15, 0.2) is 48.5 Å². The van der Waals surface area contributed by atoms with Crippen LogP contribution >= 0.6 is 11.6 Å². The van der Waals surface area contributed by atoms with Crippen molar-refractivity contribution in [2.45, 2.75) is 70.9 Å². The highest BCUT2D eigenvalue weighted by Crippen LogP contribution is 2.23. The normalized spacial score (nSPS) is 13.5. The molecule has 2 aromatic carbocycles. The van der Waals surface area contributed by atoms with Crippen LogP contribution in [0.25, 0.3) is 0 Å². The first-order valence-electron chi connectivity index (χ1n) is 14.2. The quantitative estimate of drug-likeness (QED) is 0.251. The number of carbonyl (C=O) groups excluding carboxylic acids is 5. The fourth-order valence-corrected chi connectivity index (χ4v) is 4.32. The Morgan fingerprint density at radius 1 is 0.891 bits per heavy atom. The van der Waals surface area contributed by atoms with E-state index in [0.717, 1.165) is 0 Å². The van der Waals surface area contributed by atoms with Gasteiger partial charge < -0.3 is 30.7 Å². The number of ether oxygens (including phenoxy) is 2. The van der Waals surface area contributed by atoms with Crippen LogP contribution in [0.4, 0.5) is 18.0 Å². The summed E-state index contributed by atoms with van der Waals surface area (Å²) in [5.41, 5.74) is -0.159. The van der Waals surface area contributed by atoms with Crippen LogP contribution in [0.5, 0.6) is 5.75 Å². The van der Waals surface area contributed by atoms with Crippen LogP contribution in [0.3, 0.4) is 0 Å². The van der Waals surface area contributed by atoms with Gasteiger partial charge in [0.1, 0.15) is 30.0 Å². The van der Waals surface area contributed by atoms with Gasteiger partial charge in [-0.3, -0.25) is 19.2 Å². The molecule has 3 atom stereocenters. The smallest absolute Gasteiger partial charge is 0.452 e. The molecule has 0 saturated heterocycles. The average Bonchev–Trinajstić information content (AvgIpc) is 2.95. The highest BCUT2D eigenvalue weighted by molar-refractivity contribution is 6.30. The van der Waals surface area contributed by atoms with Crippen molar-refractivity contribution in [2.24, 2.45) is 5.92 Å². The lowest BCUT2D eigenvalue weighted by Gasteiger charge is -2.27. The lowest BCUT2D eigenvalue weighted by Crippen LogP contribution is -2.55. The fraction of sp³-hybridized carbons (Fsp3) is 0.452. The molecule has 0 aliphatic heterocycles. The zero-order chi connectivity index (χ0) is 34.8. The molecular formula is C31H38ClF3N4O7. The van der Waals surface area contributed by atoms with Gasteiger partial charge in [0, 0.05) is 11.4 Å². The molecule has 3 unspecified atom stereocenters. The van der Waals surface area contributed by atoms with Gasteiger partial charge in [0.15, 0.2) is 0 Å². The number of nitrogens with one attached hydrogen (secondary N) is 4. The van der Waals surface area contributed by atoms with Crippen LogP contribution < -0.4 is 26.0 Å². The Bertz CT molecular complexity index is 1400. The van der Waals surface area contributed by atoms with E-state index in [-0.39, 0.29) is 12.0 Å². The summed E-state index contributed by atoms with van der Waals surface area (Å²) in [5, 5.41) is 9.73. The van der Waals surface area contributed by atoms with Gasteiger partial charge in [-0.15, -0.1) is 0 Å². The number of halogens is 4. The second-order valence-electron chi connectivity index (χ2n) is 11.6. The molecule has 15 heteroatoms. The monoisotopic (exact) mass is 670 g/mol. The van der Waals surface area contributed by atoms with Crippen molar-refractivity contribution >= 4 is 41.2 Å². The Hall–Kier alpha value is -4.33. The van der Waals surface area contributed by atoms with Gasteiger partial charge in [-0.1, -0.05) is 49.7 Å². The van der Waals surface area contributed by atoms with Crippen molar-refractivity contribution < 1.29 is 46.6 Å². The van der Waals surface area contributed by atoms with E-state index >= 15 is 0 Å². The number of hydrogen-bond donors (Lipinski definition) is 4. The van der Waals surface area contributed by atoms with E-state index in [2.05, 4.69) is 21.3 Å². The highest BCUT2D eigenvalue weighted by Gasteiger charge is 2.45. The van der Waals surface area contributed by atoms with Gasteiger partial charge >= 0.3 is 12.3 Å². The first-order valence-corrected chi connectivity index (χ1v) is 14.5. The third-order valence-corrected chi connectivity index (χ3v) is 6.53. The summed E-state index contributed by atoms with van der Waals surface area (Å²) >= 11 is 6.09. The molecule has 11 nitrogen and oxygen atoms in total. The number of amides is 4. The van der Waals surface area contributed by atoms with Crippen LogP contribution in [0, 0.1) is 5.92 Å². The van der Waals surface area contributed by atoms with E-state index in [1.54, 1.807) is 45.0 Å². The van der Waals surface area contributed by atoms with E-state index in [1.807, 2.05) is 0 Å². The van der Waals surface area contributed by atoms with E-state index in [9.17, 15) is 37.1 Å². The van der Waals surface area contributed by atoms with Gasteiger partial charge in [-0.2, -0.15) is 13.2 Å². The SMILES string of the molecule is COc1ccc(C(NC(=O)C(Cc2cccc(Cl)c2)NC(=O)CNC(=O)OC(C)(C)C)C(=O)NC(C(=O)C(F)(F)F)C(C)C)cc1. The number of alkyl carbamates (subject to hydrolysis) is 1.